The highest BCUT2D eigenvalue weighted by Gasteiger charge is 2.73. The number of carbonyl (C=O) groups excluding carboxylic acids is 5. The Kier molecular flexibility index (Phi) is 25.0. The summed E-state index contributed by atoms with van der Waals surface area (Å²) in [6.45, 7) is 19.6. The molecule has 1 aromatic heterocycles. The van der Waals surface area contributed by atoms with Gasteiger partial charge in [-0.15, -0.1) is 23.1 Å². The van der Waals surface area contributed by atoms with Crippen LogP contribution in [-0.4, -0.2) is 167 Å². The highest BCUT2D eigenvalue weighted by atomic mass is 32.2. The van der Waals surface area contributed by atoms with Crippen LogP contribution in [0.25, 0.3) is 10.4 Å². The third-order valence-electron chi connectivity index (χ3n) is 22.3. The molecule has 5 N–H and O–H groups in total. The fourth-order valence-electron chi connectivity index (χ4n) is 16.2. The molecule has 2 bridgehead atoms. The summed E-state index contributed by atoms with van der Waals surface area (Å²) in [6, 6.07) is 23.1. The third-order valence-corrected chi connectivity index (χ3v) is 27.3. The van der Waals surface area contributed by atoms with Crippen LogP contribution < -0.4 is 30.9 Å². The number of nitrogens with zero attached hydrogens (tertiary/aromatic N) is 5. The number of amides is 5. The van der Waals surface area contributed by atoms with E-state index in [9.17, 15) is 62.8 Å². The zero-order valence-electron chi connectivity index (χ0n) is 61.6. The molecular weight excluding hydrogens is 1440 g/mol. The molecule has 0 spiro atoms. The Morgan fingerprint density at radius 2 is 1.46 bits per heavy atom. The zero-order chi connectivity index (χ0) is 76.2. The molecule has 3 saturated carbocycles. The second-order valence-electron chi connectivity index (χ2n) is 31.9. The molecule has 6 fully saturated rings. The second-order valence-corrected chi connectivity index (χ2v) is 37.5. The predicted molar refractivity (Wildman–Crippen MR) is 404 cm³/mol. The number of thioether (sulfide) groups is 1. The number of aryl methyl sites for hydroxylation is 1. The lowest BCUT2D eigenvalue weighted by Gasteiger charge is -2.72. The summed E-state index contributed by atoms with van der Waals surface area (Å²) in [7, 11) is -11.1. The monoisotopic (exact) mass is 1540 g/mol. The van der Waals surface area contributed by atoms with Crippen LogP contribution in [0, 0.1) is 28.6 Å². The summed E-state index contributed by atoms with van der Waals surface area (Å²) in [4.78, 5) is 80.6. The molecule has 1 unspecified atom stereocenters. The molecule has 5 amide bonds. The summed E-state index contributed by atoms with van der Waals surface area (Å²) >= 11 is 2.96. The Morgan fingerprint density at radius 1 is 0.783 bits per heavy atom. The Bertz CT molecular complexity index is 4220. The van der Waals surface area contributed by atoms with E-state index in [2.05, 4.69) is 54.8 Å². The van der Waals surface area contributed by atoms with Gasteiger partial charge in [-0.3, -0.25) is 28.9 Å². The molecule has 19 nitrogen and oxygen atoms in total. The molecule has 4 heterocycles. The van der Waals surface area contributed by atoms with Gasteiger partial charge in [-0.25, -0.2) is 35.3 Å². The van der Waals surface area contributed by atoms with Crippen LogP contribution in [0.4, 0.5) is 33.3 Å². The normalized spacial score (nSPS) is 22.3. The molecule has 12 rings (SSSR count). The highest BCUT2D eigenvalue weighted by Crippen LogP contribution is 2.79. The van der Waals surface area contributed by atoms with E-state index in [1.54, 1.807) is 28.4 Å². The highest BCUT2D eigenvalue weighted by molar-refractivity contribution is 7.99. The maximum atomic E-state index is 14.6. The summed E-state index contributed by atoms with van der Waals surface area (Å²) in [5.74, 6) is -1.76. The van der Waals surface area contributed by atoms with Gasteiger partial charge in [0.05, 0.1) is 32.7 Å². The van der Waals surface area contributed by atoms with Crippen molar-refractivity contribution in [1.82, 2.24) is 40.4 Å². The summed E-state index contributed by atoms with van der Waals surface area (Å²) in [5.41, 5.74) is 0.579. The molecule has 28 heteroatoms. The number of alkyl halides is 5. The number of sulfonamides is 1. The third kappa shape index (κ3) is 19.0. The lowest BCUT2D eigenvalue weighted by Crippen LogP contribution is -2.66. The summed E-state index contributed by atoms with van der Waals surface area (Å²) in [6.07, 6.45) is 7.43. The molecule has 5 aromatic rings. The summed E-state index contributed by atoms with van der Waals surface area (Å²) in [5, 5.41) is 12.2. The predicted octanol–water partition coefficient (Wildman–Crippen LogP) is 13.5. The van der Waals surface area contributed by atoms with Gasteiger partial charge in [-0.2, -0.15) is 13.2 Å². The molecule has 106 heavy (non-hydrogen) atoms. The number of sulfone groups is 1. The van der Waals surface area contributed by atoms with Gasteiger partial charge < -0.3 is 36.0 Å². The van der Waals surface area contributed by atoms with Crippen molar-refractivity contribution in [1.29, 1.82) is 0 Å². The number of allylic oxidation sites excluding steroid dienone is 1. The molecule has 4 aliphatic carbocycles. The van der Waals surface area contributed by atoms with Crippen molar-refractivity contribution in [3.63, 3.8) is 0 Å². The Labute approximate surface area is 628 Å². The van der Waals surface area contributed by atoms with E-state index >= 15 is 0 Å². The quantitative estimate of drug-likeness (QED) is 0.0120. The van der Waals surface area contributed by atoms with Crippen LogP contribution in [-0.2, 0) is 39.0 Å². The van der Waals surface area contributed by atoms with E-state index in [0.717, 1.165) is 83.3 Å². The maximum absolute atomic E-state index is 14.6. The van der Waals surface area contributed by atoms with Crippen molar-refractivity contribution in [2.45, 2.75) is 208 Å². The average Bonchev–Trinajstić information content (AvgIpc) is 0.869. The fraction of sp³-hybridized carbons (Fsp3) is 0.564. The van der Waals surface area contributed by atoms with Crippen molar-refractivity contribution in [2.24, 2.45) is 21.7 Å². The fourth-order valence-corrected chi connectivity index (χ4v) is 20.0. The lowest BCUT2D eigenvalue weighted by atomic mass is 9.32. The van der Waals surface area contributed by atoms with Gasteiger partial charge in [-0.1, -0.05) is 101 Å². The number of anilines is 2. The zero-order valence-corrected chi connectivity index (χ0v) is 64.9. The first-order chi connectivity index (χ1) is 50.1. The van der Waals surface area contributed by atoms with Crippen LogP contribution >= 0.6 is 23.1 Å². The van der Waals surface area contributed by atoms with Crippen molar-refractivity contribution < 1.29 is 62.8 Å². The number of aromatic nitrogens is 1. The Balaban J connectivity index is 0.628. The molecule has 7 aliphatic rings. The SMILES string of the molecule is Cc1ncsc1-c1ccc([C@H](C)NC(=O)[C@@H]2CCCN2C(=O)C(NC(=O)CCCCCCC(=O)N[C@H]2CCN(CC[C@H](CSc3ccccc3)Nc3ccc(S(=O)(=O)NC(=O)c4ccc(N5CCN(CC6=C(C78CC(C(F)F)(C7)C8)CC(C)(C)CC6)CC5)cc4)cc3S(=O)(=O)C(F)(F)F)C2)C(C)(C)C)cc1. The number of halogens is 5. The average molecular weight is 1550 g/mol. The van der Waals surface area contributed by atoms with Gasteiger partial charge in [0.15, 0.2) is 0 Å². The number of hydrogen-bond acceptors (Lipinski definition) is 16. The number of unbranched alkanes of at least 4 members (excludes halogenated alkanes) is 3. The molecule has 576 valence electrons. The van der Waals surface area contributed by atoms with E-state index in [1.165, 1.54) is 35.0 Å². The first kappa shape index (κ1) is 80.0. The molecular formula is C78H101F5N10O9S4. The minimum absolute atomic E-state index is 0.0594. The van der Waals surface area contributed by atoms with Crippen LogP contribution in [0.5, 0.6) is 0 Å². The number of rotatable bonds is 31. The number of thiazole rings is 1. The van der Waals surface area contributed by atoms with Gasteiger partial charge in [0.25, 0.3) is 25.8 Å². The van der Waals surface area contributed by atoms with E-state index in [-0.39, 0.29) is 70.7 Å². The number of likely N-dealkylation sites (tertiary alicyclic amines) is 2. The molecule has 3 aliphatic heterocycles. The van der Waals surface area contributed by atoms with Gasteiger partial charge >= 0.3 is 5.51 Å². The van der Waals surface area contributed by atoms with Crippen molar-refractivity contribution in [2.75, 3.05) is 74.9 Å². The molecule has 4 aromatic carbocycles. The number of hydrogen-bond donors (Lipinski definition) is 5. The van der Waals surface area contributed by atoms with E-state index < -0.39 is 82.1 Å². The molecule has 0 radical (unpaired) electrons. The summed E-state index contributed by atoms with van der Waals surface area (Å²) < 4.78 is 128. The van der Waals surface area contributed by atoms with Crippen LogP contribution in [0.3, 0.4) is 0 Å². The maximum Gasteiger partial charge on any atom is 0.501 e. The Hall–Kier alpha value is -6.98. The standard InChI is InChI=1S/C78H101F5N10O9S4/c1-51(53-21-23-54(24-22-53)68-52(2)84-50-104-68)85-71(97)64-18-15-35-93(64)72(98)69(74(3,4)5)88-67(95)20-14-9-8-13-19-66(94)87-57-32-36-90(45-57)37-33-58(46-103-60-16-11-10-12-17-60)86-63-30-29-61(42-65(63)105(99,100)78(81,82)83)106(101,102)89-70(96)55-25-27-59(28-26-55)92-40-38-91(39-41-92)44-56-31-34-75(6,7)43-62(56)76-47-77(48-76,49-76)73(79)80/h10-12,16-17,21-30,42,50-51,57-58,64,69,73,86H,8-9,13-15,18-20,31-41,43-49H2,1-7H3,(H,85,97)(H,87,94)(H,88,95)(H,89,96)/t51-,57-,58+,64-,69?,76?,77?/m0/s1. The number of nitrogens with one attached hydrogen (secondary N) is 5. The van der Waals surface area contributed by atoms with Crippen LogP contribution in [0.2, 0.25) is 0 Å². The van der Waals surface area contributed by atoms with Gasteiger partial charge in [0, 0.05) is 111 Å². The second kappa shape index (κ2) is 33.1. The smallest absolute Gasteiger partial charge is 0.380 e. The topological polar surface area (TPSA) is 240 Å². The molecule has 5 atom stereocenters. The number of benzene rings is 4. The first-order valence-electron chi connectivity index (χ1n) is 37.1. The molecule has 3 saturated heterocycles. The number of carbonyl (C=O) groups is 5. The van der Waals surface area contributed by atoms with Crippen LogP contribution in [0.15, 0.2) is 128 Å². The minimum Gasteiger partial charge on any atom is -0.380 e. The van der Waals surface area contributed by atoms with Gasteiger partial charge in [-0.05, 0) is 173 Å². The van der Waals surface area contributed by atoms with E-state index in [0.29, 0.717) is 116 Å². The van der Waals surface area contributed by atoms with Crippen molar-refractivity contribution in [3.8, 4) is 10.4 Å². The van der Waals surface area contributed by atoms with E-state index in [4.69, 9.17) is 0 Å². The van der Waals surface area contributed by atoms with Crippen molar-refractivity contribution >= 4 is 83.9 Å². The van der Waals surface area contributed by atoms with Crippen molar-refractivity contribution in [3.05, 3.63) is 131 Å². The van der Waals surface area contributed by atoms with E-state index in [1.807, 2.05) is 99.4 Å². The van der Waals surface area contributed by atoms with Crippen LogP contribution in [0.1, 0.15) is 172 Å². The Morgan fingerprint density at radius 3 is 2.10 bits per heavy atom. The largest absolute Gasteiger partial charge is 0.501 e. The van der Waals surface area contributed by atoms with Gasteiger partial charge in [0.1, 0.15) is 17.0 Å². The lowest BCUT2D eigenvalue weighted by molar-refractivity contribution is -0.250. The first-order valence-corrected chi connectivity index (χ1v) is 41.9. The van der Waals surface area contributed by atoms with Gasteiger partial charge in [0.2, 0.25) is 30.1 Å². The number of piperazine rings is 1. The minimum atomic E-state index is -6.19.